The topological polar surface area (TPSA) is 16.4 Å². The Hall–Kier alpha value is -7.16. The number of benzene rings is 7. The van der Waals surface area contributed by atoms with Gasteiger partial charge in [0.25, 0.3) is 0 Å². The summed E-state index contributed by atoms with van der Waals surface area (Å²) in [4.78, 5) is 2.41. The molecule has 1 heterocycles. The predicted octanol–water partition coefficient (Wildman–Crippen LogP) is 16.1. The summed E-state index contributed by atoms with van der Waals surface area (Å²) in [5.41, 5.74) is 19.9. The smallest absolute Gasteiger partial charge is 0.135 e. The van der Waals surface area contributed by atoms with Crippen molar-refractivity contribution in [1.82, 2.24) is 0 Å². The van der Waals surface area contributed by atoms with E-state index in [1.165, 1.54) is 55.7 Å². The molecule has 2 aliphatic carbocycles. The second-order valence-electron chi connectivity index (χ2n) is 16.2. The van der Waals surface area contributed by atoms with Crippen LogP contribution >= 0.6 is 0 Å². The Morgan fingerprint density at radius 1 is 0.683 bits per heavy atom. The second-order valence-corrected chi connectivity index (χ2v) is 16.2. The number of hydrogen-bond acceptors (Lipinski definition) is 2. The summed E-state index contributed by atoms with van der Waals surface area (Å²) in [6.45, 7) is 10.7. The lowest BCUT2D eigenvalue weighted by atomic mass is 9.73. The Morgan fingerprint density at radius 2 is 1.43 bits per heavy atom. The number of rotatable bonds is 9. The van der Waals surface area contributed by atoms with Gasteiger partial charge in [-0.25, -0.2) is 0 Å². The van der Waals surface area contributed by atoms with E-state index in [0.29, 0.717) is 0 Å². The van der Waals surface area contributed by atoms with Crippen molar-refractivity contribution in [3.8, 4) is 11.1 Å². The van der Waals surface area contributed by atoms with Gasteiger partial charge < -0.3 is 9.32 Å². The van der Waals surface area contributed by atoms with Gasteiger partial charge in [0.05, 0.1) is 0 Å². The lowest BCUT2D eigenvalue weighted by Gasteiger charge is -2.31. The molecule has 60 heavy (non-hydrogen) atoms. The molecule has 2 nitrogen and oxygen atoms in total. The third-order valence-corrected chi connectivity index (χ3v) is 12.6. The van der Waals surface area contributed by atoms with E-state index >= 15 is 0 Å². The van der Waals surface area contributed by atoms with Gasteiger partial charge >= 0.3 is 0 Å². The van der Waals surface area contributed by atoms with Crippen molar-refractivity contribution in [2.45, 2.75) is 39.0 Å². The van der Waals surface area contributed by atoms with Crippen molar-refractivity contribution >= 4 is 55.7 Å². The minimum Gasteiger partial charge on any atom is -0.456 e. The van der Waals surface area contributed by atoms with Crippen molar-refractivity contribution in [2.24, 2.45) is 0 Å². The second kappa shape index (κ2) is 15.2. The molecule has 2 heteroatoms. The van der Waals surface area contributed by atoms with Crippen LogP contribution in [0.1, 0.15) is 65.6 Å². The Morgan fingerprint density at radius 3 is 2.27 bits per heavy atom. The first kappa shape index (κ1) is 37.1. The highest BCUT2D eigenvalue weighted by atomic mass is 16.3. The lowest BCUT2D eigenvalue weighted by molar-refractivity contribution is 0.669. The van der Waals surface area contributed by atoms with Crippen LogP contribution in [-0.4, -0.2) is 0 Å². The Bertz CT molecular complexity index is 3080. The molecular formula is C58H47NO. The molecule has 8 aromatic rings. The highest BCUT2D eigenvalue weighted by Gasteiger charge is 2.43. The zero-order chi connectivity index (χ0) is 40.8. The van der Waals surface area contributed by atoms with Crippen LogP contribution in [0.4, 0.5) is 17.1 Å². The Labute approximate surface area is 353 Å². The molecule has 2 aliphatic rings. The van der Waals surface area contributed by atoms with Crippen molar-refractivity contribution in [1.29, 1.82) is 0 Å². The first-order valence-corrected chi connectivity index (χ1v) is 21.0. The van der Waals surface area contributed by atoms with E-state index in [0.717, 1.165) is 63.0 Å². The largest absolute Gasteiger partial charge is 0.456 e. The van der Waals surface area contributed by atoms with Crippen molar-refractivity contribution in [3.05, 3.63) is 240 Å². The molecule has 0 saturated carbocycles. The van der Waals surface area contributed by atoms with Gasteiger partial charge in [-0.3, -0.25) is 0 Å². The first-order valence-electron chi connectivity index (χ1n) is 21.0. The Kier molecular flexibility index (Phi) is 9.42. The van der Waals surface area contributed by atoms with Crippen LogP contribution in [-0.2, 0) is 5.41 Å². The number of para-hydroxylation sites is 1. The van der Waals surface area contributed by atoms with E-state index < -0.39 is 5.41 Å². The van der Waals surface area contributed by atoms with Crippen molar-refractivity contribution < 1.29 is 4.42 Å². The highest BCUT2D eigenvalue weighted by Crippen LogP contribution is 2.57. The van der Waals surface area contributed by atoms with Gasteiger partial charge in [0.2, 0.25) is 0 Å². The fourth-order valence-corrected chi connectivity index (χ4v) is 9.67. The number of fused-ring (bicyclic) bond motifs is 6. The summed E-state index contributed by atoms with van der Waals surface area (Å²) < 4.78 is 6.33. The molecule has 0 aliphatic heterocycles. The van der Waals surface area contributed by atoms with E-state index in [-0.39, 0.29) is 0 Å². The molecule has 0 saturated heterocycles. The standard InChI is InChI=1S/C58H47NO/c1-5-16-40(17-6-2)42-20-14-21-44(36-42)59(45-33-35-56-52(37-45)49-24-12-13-27-55(49)60-56)46-32-34-51-54(38-46)58(4,43-30-28-39(3)29-31-43)53-26-15-25-50(57(51)53)48-23-11-10-22-47(48)41-18-8-7-9-19-41/h5-10,12-22,24-38H,1,11,23H2,2-4H3/b17-6-,40-16+. The normalized spacial score (nSPS) is 16.1. The summed E-state index contributed by atoms with van der Waals surface area (Å²) in [7, 11) is 0. The number of furan rings is 1. The average molecular weight is 774 g/mol. The maximum atomic E-state index is 6.33. The number of aryl methyl sites for hydroxylation is 1. The maximum absolute atomic E-state index is 6.33. The number of hydrogen-bond donors (Lipinski definition) is 0. The van der Waals surface area contributed by atoms with Gasteiger partial charge in [0.15, 0.2) is 0 Å². The molecule has 1 unspecified atom stereocenters. The quantitative estimate of drug-likeness (QED) is 0.136. The third kappa shape index (κ3) is 6.19. The minimum absolute atomic E-state index is 0.410. The molecule has 0 N–H and O–H groups in total. The Balaban J connectivity index is 1.23. The number of nitrogens with zero attached hydrogens (tertiary/aromatic N) is 1. The molecule has 1 aromatic heterocycles. The van der Waals surface area contributed by atoms with Crippen molar-refractivity contribution in [3.63, 3.8) is 0 Å². The summed E-state index contributed by atoms with van der Waals surface area (Å²) in [6, 6.07) is 58.0. The van der Waals surface area contributed by atoms with Crippen LogP contribution in [0.15, 0.2) is 205 Å². The summed E-state index contributed by atoms with van der Waals surface area (Å²) in [6.07, 6.45) is 14.8. The number of anilines is 3. The van der Waals surface area contributed by atoms with Crippen LogP contribution in [0.5, 0.6) is 0 Å². The molecular weight excluding hydrogens is 727 g/mol. The van der Waals surface area contributed by atoms with E-state index in [4.69, 9.17) is 4.42 Å². The monoisotopic (exact) mass is 773 g/mol. The summed E-state index contributed by atoms with van der Waals surface area (Å²) in [5.74, 6) is 0. The van der Waals surface area contributed by atoms with Gasteiger partial charge in [-0.1, -0.05) is 158 Å². The summed E-state index contributed by atoms with van der Waals surface area (Å²) in [5, 5.41) is 2.20. The molecule has 1 atom stereocenters. The third-order valence-electron chi connectivity index (χ3n) is 12.6. The van der Waals surface area contributed by atoms with Crippen molar-refractivity contribution in [2.75, 3.05) is 4.90 Å². The molecule has 0 spiro atoms. The van der Waals surface area contributed by atoms with Gasteiger partial charge in [-0.05, 0) is 143 Å². The van der Waals surface area contributed by atoms with Crippen LogP contribution in [0.3, 0.4) is 0 Å². The molecule has 0 amide bonds. The fourth-order valence-electron chi connectivity index (χ4n) is 9.67. The number of allylic oxidation sites excluding steroid dienone is 9. The van der Waals surface area contributed by atoms with Gasteiger partial charge in [0.1, 0.15) is 11.2 Å². The van der Waals surface area contributed by atoms with E-state index in [9.17, 15) is 0 Å². The van der Waals surface area contributed by atoms with Crippen LogP contribution < -0.4 is 4.90 Å². The maximum Gasteiger partial charge on any atom is 0.135 e. The molecule has 0 bridgehead atoms. The van der Waals surface area contributed by atoms with E-state index in [1.807, 2.05) is 18.2 Å². The van der Waals surface area contributed by atoms with Gasteiger partial charge in [-0.15, -0.1) is 0 Å². The van der Waals surface area contributed by atoms with Crippen LogP contribution in [0, 0.1) is 6.92 Å². The van der Waals surface area contributed by atoms with Gasteiger partial charge in [-0.2, -0.15) is 0 Å². The fraction of sp³-hybridized carbons (Fsp3) is 0.103. The zero-order valence-electron chi connectivity index (χ0n) is 34.5. The van der Waals surface area contributed by atoms with Crippen LogP contribution in [0.25, 0.3) is 49.8 Å². The molecule has 10 rings (SSSR count). The minimum atomic E-state index is -0.410. The zero-order valence-corrected chi connectivity index (χ0v) is 34.5. The molecule has 0 fully saturated rings. The molecule has 290 valence electrons. The van der Waals surface area contributed by atoms with E-state index in [2.05, 4.69) is 208 Å². The van der Waals surface area contributed by atoms with E-state index in [1.54, 1.807) is 0 Å². The first-order chi connectivity index (χ1) is 29.5. The van der Waals surface area contributed by atoms with Crippen LogP contribution in [0.2, 0.25) is 0 Å². The molecule has 7 aromatic carbocycles. The van der Waals surface area contributed by atoms with Gasteiger partial charge in [0, 0.05) is 33.2 Å². The predicted molar refractivity (Wildman–Crippen MR) is 255 cm³/mol. The highest BCUT2D eigenvalue weighted by molar-refractivity contribution is 6.07. The molecule has 0 radical (unpaired) electrons. The SMILES string of the molecule is C=C/C=C(\C=C/C)c1cccc(N(c2ccc3c(c2)C(C)(c2ccc(C)cc2)c2cccc(C4=C(c5ccccc5)C=CCC4)c2-3)c2ccc3oc4ccccc4c3c2)c1. The average Bonchev–Trinajstić information content (AvgIpc) is 3.79. The lowest BCUT2D eigenvalue weighted by Crippen LogP contribution is -2.23. The summed E-state index contributed by atoms with van der Waals surface area (Å²) >= 11 is 0.